The number of carboxylic acid groups (broad SMARTS) is 1. The summed E-state index contributed by atoms with van der Waals surface area (Å²) in [6.45, 7) is 12.3. The first kappa shape index (κ1) is 27.0. The molecular weight excluding hydrogens is 451 g/mol. The second-order valence-electron chi connectivity index (χ2n) is 6.53. The first-order chi connectivity index (χ1) is 14.8. The topological polar surface area (TPSA) is 62.2 Å². The maximum atomic E-state index is 11.2. The Labute approximate surface area is 199 Å². The number of thiazole rings is 1. The predicted octanol–water partition coefficient (Wildman–Crippen LogP) is 8.81. The zero-order valence-electron chi connectivity index (χ0n) is 18.8. The molecule has 0 fully saturated rings. The number of nitrogens with one attached hydrogen (secondary N) is 1. The molecule has 0 aliphatic carbocycles. The van der Waals surface area contributed by atoms with Gasteiger partial charge in [0.25, 0.3) is 0 Å². The van der Waals surface area contributed by atoms with Crippen molar-refractivity contribution in [2.24, 2.45) is 5.92 Å². The van der Waals surface area contributed by atoms with Crippen LogP contribution in [0.3, 0.4) is 0 Å². The number of rotatable bonds is 6. The molecule has 2 aromatic carbocycles. The third kappa shape index (κ3) is 7.84. The van der Waals surface area contributed by atoms with Gasteiger partial charge >= 0.3 is 5.97 Å². The van der Waals surface area contributed by atoms with E-state index in [4.69, 9.17) is 33.3 Å². The van der Waals surface area contributed by atoms with E-state index in [1.54, 1.807) is 35.6 Å². The highest BCUT2D eigenvalue weighted by Gasteiger charge is 2.16. The van der Waals surface area contributed by atoms with Gasteiger partial charge in [-0.3, -0.25) is 0 Å². The van der Waals surface area contributed by atoms with Crippen molar-refractivity contribution < 1.29 is 9.90 Å². The Hall–Kier alpha value is -2.08. The van der Waals surface area contributed by atoms with Crippen LogP contribution in [0.25, 0.3) is 11.3 Å². The number of benzene rings is 2. The lowest BCUT2D eigenvalue weighted by Crippen LogP contribution is -1.97. The van der Waals surface area contributed by atoms with Gasteiger partial charge in [0.2, 0.25) is 0 Å². The zero-order chi connectivity index (χ0) is 23.6. The first-order valence-electron chi connectivity index (χ1n) is 10.4. The highest BCUT2D eigenvalue weighted by atomic mass is 35.5. The number of halogens is 2. The summed E-state index contributed by atoms with van der Waals surface area (Å²) in [6, 6.07) is 12.1. The molecule has 0 aliphatic rings. The molecule has 1 aromatic heterocycles. The van der Waals surface area contributed by atoms with Crippen molar-refractivity contribution in [1.82, 2.24) is 4.98 Å². The van der Waals surface area contributed by atoms with E-state index < -0.39 is 5.97 Å². The molecule has 0 bridgehead atoms. The first-order valence-corrected chi connectivity index (χ1v) is 12.0. The number of hydrogen-bond donors (Lipinski definition) is 2. The van der Waals surface area contributed by atoms with E-state index in [1.807, 2.05) is 45.9 Å². The van der Waals surface area contributed by atoms with E-state index in [9.17, 15) is 4.79 Å². The maximum Gasteiger partial charge on any atom is 0.335 e. The largest absolute Gasteiger partial charge is 0.478 e. The highest BCUT2D eigenvalue weighted by molar-refractivity contribution is 7.16. The zero-order valence-corrected chi connectivity index (χ0v) is 21.1. The third-order valence-electron chi connectivity index (χ3n) is 3.84. The second kappa shape index (κ2) is 13.4. The summed E-state index contributed by atoms with van der Waals surface area (Å²) in [4.78, 5) is 17.0. The van der Waals surface area contributed by atoms with Crippen LogP contribution in [0.5, 0.6) is 0 Å². The Morgan fingerprint density at radius 1 is 1.06 bits per heavy atom. The molecule has 0 unspecified atom stereocenters. The molecule has 31 heavy (non-hydrogen) atoms. The molecule has 1 heterocycles. The van der Waals surface area contributed by atoms with Crippen LogP contribution in [0, 0.1) is 5.92 Å². The summed E-state index contributed by atoms with van der Waals surface area (Å²) < 4.78 is 0. The fourth-order valence-corrected chi connectivity index (χ4v) is 4.15. The molecule has 3 aromatic rings. The minimum Gasteiger partial charge on any atom is -0.478 e. The molecule has 0 radical (unpaired) electrons. The van der Waals surface area contributed by atoms with Gasteiger partial charge in [0.05, 0.1) is 21.3 Å². The third-order valence-corrected chi connectivity index (χ3v) is 5.58. The molecule has 2 N–H and O–H groups in total. The van der Waals surface area contributed by atoms with Crippen molar-refractivity contribution in [2.45, 2.75) is 48.0 Å². The molecule has 7 heteroatoms. The molecule has 0 atom stereocenters. The Morgan fingerprint density at radius 3 is 2.32 bits per heavy atom. The summed E-state index contributed by atoms with van der Waals surface area (Å²) >= 11 is 13.8. The van der Waals surface area contributed by atoms with Gasteiger partial charge in [0.1, 0.15) is 0 Å². The minimum atomic E-state index is -0.963. The second-order valence-corrected chi connectivity index (χ2v) is 8.43. The standard InChI is InChI=1S/C20H18Cl2N2O2S.2C2H6/c1-11(2)8-17-18(12-6-7-15(21)16(22)10-12)24-20(27-17)23-14-5-3-4-13(9-14)19(25)26;2*1-2/h3-7,9-11H,8H2,1-2H3,(H,23,24)(H,25,26);2*1-2H3. The molecule has 4 nitrogen and oxygen atoms in total. The lowest BCUT2D eigenvalue weighted by Gasteiger charge is -2.06. The van der Waals surface area contributed by atoms with Crippen molar-refractivity contribution in [3.8, 4) is 11.3 Å². The Balaban J connectivity index is 0.00000113. The fourth-order valence-electron chi connectivity index (χ4n) is 2.64. The van der Waals surface area contributed by atoms with Crippen LogP contribution in [0.15, 0.2) is 42.5 Å². The van der Waals surface area contributed by atoms with Crippen molar-refractivity contribution in [3.05, 3.63) is 63.0 Å². The molecule has 0 aliphatic heterocycles. The summed E-state index contributed by atoms with van der Waals surface area (Å²) in [5, 5.41) is 14.1. The van der Waals surface area contributed by atoms with Gasteiger partial charge in [-0.1, -0.05) is 76.9 Å². The van der Waals surface area contributed by atoms with Crippen molar-refractivity contribution in [3.63, 3.8) is 0 Å². The summed E-state index contributed by atoms with van der Waals surface area (Å²) in [5.41, 5.74) is 2.68. The molecule has 0 saturated carbocycles. The van der Waals surface area contributed by atoms with E-state index >= 15 is 0 Å². The van der Waals surface area contributed by atoms with Crippen molar-refractivity contribution in [2.75, 3.05) is 5.32 Å². The van der Waals surface area contributed by atoms with Crippen LogP contribution in [0.4, 0.5) is 10.8 Å². The molecular formula is C24H30Cl2N2O2S. The number of anilines is 2. The highest BCUT2D eigenvalue weighted by Crippen LogP contribution is 2.36. The Kier molecular flexibility index (Phi) is 11.6. The van der Waals surface area contributed by atoms with Crippen molar-refractivity contribution >= 4 is 51.3 Å². The van der Waals surface area contributed by atoms with E-state index in [0.29, 0.717) is 26.8 Å². The molecule has 0 spiro atoms. The smallest absolute Gasteiger partial charge is 0.335 e. The summed E-state index contributed by atoms with van der Waals surface area (Å²) in [7, 11) is 0. The normalized spacial score (nSPS) is 9.97. The van der Waals surface area contributed by atoms with Gasteiger partial charge in [-0.15, -0.1) is 11.3 Å². The van der Waals surface area contributed by atoms with E-state index in [-0.39, 0.29) is 5.56 Å². The number of aromatic carboxylic acids is 1. The van der Waals surface area contributed by atoms with E-state index in [1.165, 1.54) is 0 Å². The number of aromatic nitrogens is 1. The number of hydrogen-bond acceptors (Lipinski definition) is 4. The Bertz CT molecular complexity index is 987. The van der Waals surface area contributed by atoms with Gasteiger partial charge in [-0.2, -0.15) is 0 Å². The van der Waals surface area contributed by atoms with Crippen LogP contribution in [-0.4, -0.2) is 16.1 Å². The monoisotopic (exact) mass is 480 g/mol. The van der Waals surface area contributed by atoms with Crippen LogP contribution >= 0.6 is 34.5 Å². The molecule has 0 amide bonds. The van der Waals surface area contributed by atoms with E-state index in [0.717, 1.165) is 22.6 Å². The average Bonchev–Trinajstić information content (AvgIpc) is 3.14. The van der Waals surface area contributed by atoms with Crippen LogP contribution in [0.1, 0.15) is 56.8 Å². The van der Waals surface area contributed by atoms with Crippen LogP contribution in [0.2, 0.25) is 10.0 Å². The average molecular weight is 481 g/mol. The molecule has 168 valence electrons. The SMILES string of the molecule is CC.CC.CC(C)Cc1sc(Nc2cccc(C(=O)O)c2)nc1-c1ccc(Cl)c(Cl)c1. The predicted molar refractivity (Wildman–Crippen MR) is 135 cm³/mol. The van der Waals surface area contributed by atoms with Gasteiger partial charge in [-0.05, 0) is 42.7 Å². The van der Waals surface area contributed by atoms with Gasteiger partial charge in [0, 0.05) is 16.1 Å². The number of nitrogens with zero attached hydrogens (tertiary/aromatic N) is 1. The summed E-state index contributed by atoms with van der Waals surface area (Å²) in [5.74, 6) is -0.495. The quantitative estimate of drug-likeness (QED) is 0.369. The van der Waals surface area contributed by atoms with Crippen LogP contribution < -0.4 is 5.32 Å². The Morgan fingerprint density at radius 2 is 1.74 bits per heavy atom. The van der Waals surface area contributed by atoms with E-state index in [2.05, 4.69) is 19.2 Å². The van der Waals surface area contributed by atoms with Crippen molar-refractivity contribution in [1.29, 1.82) is 0 Å². The fraction of sp³-hybridized carbons (Fsp3) is 0.333. The molecule has 3 rings (SSSR count). The number of carbonyl (C=O) groups is 1. The van der Waals surface area contributed by atoms with Gasteiger partial charge in [-0.25, -0.2) is 9.78 Å². The summed E-state index contributed by atoms with van der Waals surface area (Å²) in [6.07, 6.45) is 0.879. The number of carboxylic acids is 1. The van der Waals surface area contributed by atoms with Gasteiger partial charge < -0.3 is 10.4 Å². The van der Waals surface area contributed by atoms with Crippen LogP contribution in [-0.2, 0) is 6.42 Å². The van der Waals surface area contributed by atoms with Gasteiger partial charge in [0.15, 0.2) is 5.13 Å². The lowest BCUT2D eigenvalue weighted by atomic mass is 10.0. The lowest BCUT2D eigenvalue weighted by molar-refractivity contribution is 0.0697. The maximum absolute atomic E-state index is 11.2. The molecule has 0 saturated heterocycles. The minimum absolute atomic E-state index is 0.226.